The zero-order valence-electron chi connectivity index (χ0n) is 17.4. The number of amides is 1. The maximum Gasteiger partial charge on any atom is 0.264 e. The Hall–Kier alpha value is -3.59. The fourth-order valence-electron chi connectivity index (χ4n) is 2.86. The molecule has 0 aliphatic carbocycles. The van der Waals surface area contributed by atoms with E-state index >= 15 is 0 Å². The molecule has 0 aromatic heterocycles. The van der Waals surface area contributed by atoms with E-state index in [9.17, 15) is 17.6 Å². The quantitative estimate of drug-likeness (QED) is 0.472. The van der Waals surface area contributed by atoms with Crippen LogP contribution in [0.4, 0.5) is 10.1 Å². The van der Waals surface area contributed by atoms with Gasteiger partial charge in [0.1, 0.15) is 30.5 Å². The second-order valence-electron chi connectivity index (χ2n) is 6.68. The number of carbonyl (C=O) groups excluding carboxylic acids is 1. The van der Waals surface area contributed by atoms with Crippen molar-refractivity contribution in [1.29, 1.82) is 0 Å². The molecule has 3 rings (SSSR count). The highest BCUT2D eigenvalue weighted by molar-refractivity contribution is 7.92. The lowest BCUT2D eigenvalue weighted by atomic mass is 10.3. The number of anilines is 1. The minimum atomic E-state index is -4.10. The number of halogens is 1. The number of benzene rings is 3. The molecule has 3 aromatic rings. The lowest BCUT2D eigenvalue weighted by Crippen LogP contribution is -2.41. The van der Waals surface area contributed by atoms with Gasteiger partial charge in [0.2, 0.25) is 5.91 Å². The molecule has 0 bridgehead atoms. The number of hydrogen-bond donors (Lipinski definition) is 1. The van der Waals surface area contributed by atoms with Crippen molar-refractivity contribution in [2.24, 2.45) is 0 Å². The van der Waals surface area contributed by atoms with Gasteiger partial charge in [-0.3, -0.25) is 9.10 Å². The van der Waals surface area contributed by atoms with Gasteiger partial charge in [-0.15, -0.1) is 0 Å². The zero-order chi connectivity index (χ0) is 23.0. The molecule has 0 aliphatic rings. The Morgan fingerprint density at radius 2 is 1.59 bits per heavy atom. The van der Waals surface area contributed by atoms with E-state index in [0.29, 0.717) is 11.5 Å². The molecule has 1 N–H and O–H groups in total. The minimum Gasteiger partial charge on any atom is -0.497 e. The van der Waals surface area contributed by atoms with Gasteiger partial charge in [-0.05, 0) is 60.7 Å². The van der Waals surface area contributed by atoms with E-state index in [-0.39, 0.29) is 23.7 Å². The number of sulfonamides is 1. The molecule has 7 nitrogen and oxygen atoms in total. The van der Waals surface area contributed by atoms with Gasteiger partial charge < -0.3 is 14.8 Å². The van der Waals surface area contributed by atoms with Crippen molar-refractivity contribution >= 4 is 21.6 Å². The van der Waals surface area contributed by atoms with Crippen molar-refractivity contribution < 1.29 is 27.1 Å². The smallest absolute Gasteiger partial charge is 0.264 e. The van der Waals surface area contributed by atoms with Crippen LogP contribution in [0, 0.1) is 5.82 Å². The topological polar surface area (TPSA) is 84.9 Å². The summed E-state index contributed by atoms with van der Waals surface area (Å²) >= 11 is 0. The predicted octanol–water partition coefficient (Wildman–Crippen LogP) is 3.22. The Balaban J connectivity index is 1.72. The van der Waals surface area contributed by atoms with Crippen LogP contribution in [-0.4, -0.2) is 41.1 Å². The SMILES string of the molecule is COc1ccc(S(=O)(=O)N(CC(=O)NCCOc2ccccc2)c2ccc(F)cc2)cc1. The van der Waals surface area contributed by atoms with Crippen molar-refractivity contribution in [1.82, 2.24) is 5.32 Å². The van der Waals surface area contributed by atoms with Gasteiger partial charge in [0.15, 0.2) is 0 Å². The Labute approximate surface area is 186 Å². The lowest BCUT2D eigenvalue weighted by molar-refractivity contribution is -0.119. The number of para-hydroxylation sites is 1. The molecule has 0 saturated heterocycles. The van der Waals surface area contributed by atoms with Crippen LogP contribution < -0.4 is 19.1 Å². The monoisotopic (exact) mass is 458 g/mol. The highest BCUT2D eigenvalue weighted by Crippen LogP contribution is 2.25. The molecule has 0 atom stereocenters. The number of methoxy groups -OCH3 is 1. The standard InChI is InChI=1S/C23H23FN2O5S/c1-30-20-11-13-22(14-12-20)32(28,29)26(19-9-7-18(24)8-10-19)17-23(27)25-15-16-31-21-5-3-2-4-6-21/h2-14H,15-17H2,1H3,(H,25,27). The fourth-order valence-corrected chi connectivity index (χ4v) is 4.28. The molecule has 0 saturated carbocycles. The van der Waals surface area contributed by atoms with E-state index in [1.165, 1.54) is 43.5 Å². The third-order valence-corrected chi connectivity index (χ3v) is 6.27. The first-order chi connectivity index (χ1) is 15.4. The first kappa shape index (κ1) is 23.1. The second-order valence-corrected chi connectivity index (χ2v) is 8.54. The van der Waals surface area contributed by atoms with E-state index in [2.05, 4.69) is 5.32 Å². The van der Waals surface area contributed by atoms with Gasteiger partial charge in [0.25, 0.3) is 10.0 Å². The maximum atomic E-state index is 13.4. The van der Waals surface area contributed by atoms with Crippen LogP contribution in [0.1, 0.15) is 0 Å². The van der Waals surface area contributed by atoms with Crippen LogP contribution in [0.2, 0.25) is 0 Å². The summed E-state index contributed by atoms with van der Waals surface area (Å²) < 4.78 is 51.4. The third kappa shape index (κ3) is 5.98. The summed E-state index contributed by atoms with van der Waals surface area (Å²) in [6.45, 7) is -0.0730. The largest absolute Gasteiger partial charge is 0.497 e. The van der Waals surface area contributed by atoms with Crippen LogP contribution in [0.3, 0.4) is 0 Å². The average molecular weight is 459 g/mol. The van der Waals surface area contributed by atoms with Crippen molar-refractivity contribution in [3.8, 4) is 11.5 Å². The summed E-state index contributed by atoms with van der Waals surface area (Å²) in [6.07, 6.45) is 0. The highest BCUT2D eigenvalue weighted by Gasteiger charge is 2.27. The molecular weight excluding hydrogens is 435 g/mol. The molecule has 0 radical (unpaired) electrons. The first-order valence-corrected chi connectivity index (χ1v) is 11.2. The molecule has 0 unspecified atom stereocenters. The summed E-state index contributed by atoms with van der Waals surface area (Å²) in [5, 5.41) is 2.64. The number of rotatable bonds is 10. The fraction of sp³-hybridized carbons (Fsp3) is 0.174. The lowest BCUT2D eigenvalue weighted by Gasteiger charge is -2.24. The second kappa shape index (κ2) is 10.6. The number of hydrogen-bond acceptors (Lipinski definition) is 5. The van der Waals surface area contributed by atoms with Crippen LogP contribution >= 0.6 is 0 Å². The van der Waals surface area contributed by atoms with Crippen LogP contribution in [-0.2, 0) is 14.8 Å². The summed E-state index contributed by atoms with van der Waals surface area (Å²) in [6, 6.07) is 19.8. The van der Waals surface area contributed by atoms with Crippen molar-refractivity contribution in [2.75, 3.05) is 31.1 Å². The number of ether oxygens (including phenoxy) is 2. The van der Waals surface area contributed by atoms with Gasteiger partial charge in [0, 0.05) is 0 Å². The molecule has 32 heavy (non-hydrogen) atoms. The highest BCUT2D eigenvalue weighted by atomic mass is 32.2. The molecule has 168 valence electrons. The minimum absolute atomic E-state index is 0.0252. The van der Waals surface area contributed by atoms with Gasteiger partial charge in [-0.25, -0.2) is 12.8 Å². The molecule has 1 amide bonds. The van der Waals surface area contributed by atoms with Crippen LogP contribution in [0.5, 0.6) is 11.5 Å². The number of nitrogens with one attached hydrogen (secondary N) is 1. The maximum absolute atomic E-state index is 13.4. The molecule has 3 aromatic carbocycles. The number of carbonyl (C=O) groups is 1. The van der Waals surface area contributed by atoms with Crippen molar-refractivity contribution in [2.45, 2.75) is 4.90 Å². The van der Waals surface area contributed by atoms with E-state index in [1.54, 1.807) is 12.1 Å². The molecule has 0 heterocycles. The van der Waals surface area contributed by atoms with Crippen LogP contribution in [0.25, 0.3) is 0 Å². The number of nitrogens with zero attached hydrogens (tertiary/aromatic N) is 1. The molecule has 0 fully saturated rings. The molecular formula is C23H23FN2O5S. The first-order valence-electron chi connectivity index (χ1n) is 9.77. The van der Waals surface area contributed by atoms with Gasteiger partial charge in [-0.2, -0.15) is 0 Å². The van der Waals surface area contributed by atoms with E-state index in [0.717, 1.165) is 16.4 Å². The van der Waals surface area contributed by atoms with E-state index in [1.807, 2.05) is 18.2 Å². The molecule has 9 heteroatoms. The Bertz CT molecular complexity index is 1120. The van der Waals surface area contributed by atoms with Gasteiger partial charge >= 0.3 is 0 Å². The average Bonchev–Trinajstić information content (AvgIpc) is 2.81. The van der Waals surface area contributed by atoms with E-state index < -0.39 is 28.3 Å². The predicted molar refractivity (Wildman–Crippen MR) is 119 cm³/mol. The summed E-state index contributed by atoms with van der Waals surface area (Å²) in [5.74, 6) is 0.117. The summed E-state index contributed by atoms with van der Waals surface area (Å²) in [7, 11) is -2.62. The molecule has 0 aliphatic heterocycles. The summed E-state index contributed by atoms with van der Waals surface area (Å²) in [5.41, 5.74) is 0.165. The van der Waals surface area contributed by atoms with Crippen LogP contribution in [0.15, 0.2) is 83.8 Å². The van der Waals surface area contributed by atoms with Crippen molar-refractivity contribution in [3.05, 3.63) is 84.7 Å². The summed E-state index contributed by atoms with van der Waals surface area (Å²) in [4.78, 5) is 12.5. The third-order valence-electron chi connectivity index (χ3n) is 4.49. The zero-order valence-corrected chi connectivity index (χ0v) is 18.2. The molecule has 0 spiro atoms. The Morgan fingerprint density at radius 1 is 0.938 bits per heavy atom. The Kier molecular flexibility index (Phi) is 7.67. The van der Waals surface area contributed by atoms with Gasteiger partial charge in [-0.1, -0.05) is 18.2 Å². The van der Waals surface area contributed by atoms with Gasteiger partial charge in [0.05, 0.1) is 24.2 Å². The Morgan fingerprint density at radius 3 is 2.22 bits per heavy atom. The van der Waals surface area contributed by atoms with Crippen molar-refractivity contribution in [3.63, 3.8) is 0 Å². The normalized spacial score (nSPS) is 10.9. The van der Waals surface area contributed by atoms with E-state index in [4.69, 9.17) is 9.47 Å².